The van der Waals surface area contributed by atoms with Crippen molar-refractivity contribution < 1.29 is 14.3 Å². The number of rotatable bonds is 14. The Morgan fingerprint density at radius 1 is 0.886 bits per heavy atom. The summed E-state index contributed by atoms with van der Waals surface area (Å²) in [4.78, 5) is 11.0. The van der Waals surface area contributed by atoms with Crippen LogP contribution in [0.4, 0.5) is 0 Å². The van der Waals surface area contributed by atoms with E-state index in [1.807, 2.05) is 0 Å². The zero-order valence-electron chi connectivity index (χ0n) is 21.9. The van der Waals surface area contributed by atoms with Crippen LogP contribution in [-0.4, -0.2) is 26.0 Å². The molecule has 0 fully saturated rings. The Bertz CT molecular complexity index is 878. The van der Waals surface area contributed by atoms with Crippen LogP contribution in [0.25, 0.3) is 0 Å². The first-order valence-electron chi connectivity index (χ1n) is 13.5. The molecule has 2 aromatic rings. The first-order chi connectivity index (χ1) is 16.8. The molecule has 2 aromatic carbocycles. The molecule has 4 heteroatoms. The molecule has 0 saturated heterocycles. The lowest BCUT2D eigenvalue weighted by Crippen LogP contribution is -2.66. The highest BCUT2D eigenvalue weighted by atomic mass is 28.4. The molecule has 35 heavy (non-hydrogen) atoms. The van der Waals surface area contributed by atoms with Gasteiger partial charge in [0, 0.05) is 6.61 Å². The maximum absolute atomic E-state index is 11.0. The largest absolute Gasteiger partial charge is 0.481 e. The van der Waals surface area contributed by atoms with Crippen LogP contribution in [0.3, 0.4) is 0 Å². The monoisotopic (exact) mass is 492 g/mol. The third-order valence-electron chi connectivity index (χ3n) is 7.54. The first-order valence-corrected chi connectivity index (χ1v) is 15.4. The van der Waals surface area contributed by atoms with E-state index >= 15 is 0 Å². The van der Waals surface area contributed by atoms with Crippen molar-refractivity contribution in [2.24, 2.45) is 11.8 Å². The van der Waals surface area contributed by atoms with Crippen LogP contribution in [0.1, 0.15) is 78.6 Å². The molecule has 0 unspecified atom stereocenters. The summed E-state index contributed by atoms with van der Waals surface area (Å²) in [6.07, 6.45) is 14.0. The van der Waals surface area contributed by atoms with E-state index in [0.29, 0.717) is 5.92 Å². The van der Waals surface area contributed by atoms with Crippen molar-refractivity contribution in [1.29, 1.82) is 0 Å². The van der Waals surface area contributed by atoms with Crippen LogP contribution in [0.15, 0.2) is 72.8 Å². The van der Waals surface area contributed by atoms with Crippen molar-refractivity contribution in [3.8, 4) is 0 Å². The van der Waals surface area contributed by atoms with Gasteiger partial charge in [-0.15, -0.1) is 0 Å². The Kier molecular flexibility index (Phi) is 10.4. The molecule has 3 nitrogen and oxygen atoms in total. The quantitative estimate of drug-likeness (QED) is 0.176. The number of aliphatic carboxylic acids is 1. The van der Waals surface area contributed by atoms with Crippen LogP contribution in [0.5, 0.6) is 0 Å². The molecule has 0 radical (unpaired) electrons. The average molecular weight is 493 g/mol. The van der Waals surface area contributed by atoms with Crippen molar-refractivity contribution in [3.05, 3.63) is 72.8 Å². The Balaban J connectivity index is 1.45. The van der Waals surface area contributed by atoms with E-state index in [1.54, 1.807) is 0 Å². The van der Waals surface area contributed by atoms with Crippen molar-refractivity contribution in [3.63, 3.8) is 0 Å². The minimum absolute atomic E-state index is 0.0311. The minimum atomic E-state index is -2.41. The molecule has 1 N–H and O–H groups in total. The fourth-order valence-electron chi connectivity index (χ4n) is 5.73. The molecule has 1 aliphatic rings. The number of carboxylic acids is 1. The van der Waals surface area contributed by atoms with E-state index in [9.17, 15) is 4.79 Å². The van der Waals surface area contributed by atoms with Gasteiger partial charge in [0.2, 0.25) is 0 Å². The lowest BCUT2D eigenvalue weighted by molar-refractivity contribution is -0.138. The highest BCUT2D eigenvalue weighted by Gasteiger charge is 2.49. The molecule has 0 aliphatic heterocycles. The molecular weight excluding hydrogens is 448 g/mol. The zero-order chi connectivity index (χ0) is 25.2. The molecule has 0 aromatic heterocycles. The second-order valence-corrected chi connectivity index (χ2v) is 15.4. The number of carboxylic acid groups (broad SMARTS) is 1. The maximum atomic E-state index is 11.0. The molecule has 0 saturated carbocycles. The van der Waals surface area contributed by atoms with Crippen LogP contribution in [0, 0.1) is 11.8 Å². The molecule has 0 bridgehead atoms. The molecule has 0 heterocycles. The fraction of sp³-hybridized carbons (Fsp3) is 0.516. The summed E-state index contributed by atoms with van der Waals surface area (Å²) in [7, 11) is -2.41. The lowest BCUT2D eigenvalue weighted by Gasteiger charge is -2.43. The summed E-state index contributed by atoms with van der Waals surface area (Å²) in [6, 6.07) is 21.8. The maximum Gasteiger partial charge on any atom is 0.303 e. The third-order valence-corrected chi connectivity index (χ3v) is 12.6. The van der Waals surface area contributed by atoms with E-state index in [1.165, 1.54) is 42.5 Å². The highest BCUT2D eigenvalue weighted by molar-refractivity contribution is 6.99. The molecule has 0 amide bonds. The van der Waals surface area contributed by atoms with Gasteiger partial charge in [-0.1, -0.05) is 126 Å². The molecular formula is C31H44O3Si. The average Bonchev–Trinajstić information content (AvgIpc) is 3.27. The number of unbranched alkanes of at least 4 members (excludes halogenated alkanes) is 5. The van der Waals surface area contributed by atoms with Gasteiger partial charge in [-0.25, -0.2) is 0 Å². The van der Waals surface area contributed by atoms with Gasteiger partial charge in [0.1, 0.15) is 0 Å². The predicted octanol–water partition coefficient (Wildman–Crippen LogP) is 6.96. The van der Waals surface area contributed by atoms with Gasteiger partial charge in [0.15, 0.2) is 0 Å². The van der Waals surface area contributed by atoms with Gasteiger partial charge >= 0.3 is 5.97 Å². The predicted molar refractivity (Wildman–Crippen MR) is 149 cm³/mol. The first kappa shape index (κ1) is 27.4. The lowest BCUT2D eigenvalue weighted by atomic mass is 9.88. The SMILES string of the molecule is CC(C)(C)[Si](OCCCCCCCC[C@H]1CC=C[C@H]1CC(=O)O)(c1ccccc1)c1ccccc1. The Labute approximate surface area is 213 Å². The van der Waals surface area contributed by atoms with Gasteiger partial charge in [-0.3, -0.25) is 4.79 Å². The van der Waals surface area contributed by atoms with Gasteiger partial charge < -0.3 is 9.53 Å². The van der Waals surface area contributed by atoms with E-state index in [0.717, 1.165) is 25.9 Å². The van der Waals surface area contributed by atoms with E-state index in [4.69, 9.17) is 9.53 Å². The molecule has 2 atom stereocenters. The van der Waals surface area contributed by atoms with Crippen LogP contribution in [0.2, 0.25) is 5.04 Å². The highest BCUT2D eigenvalue weighted by Crippen LogP contribution is 2.37. The summed E-state index contributed by atoms with van der Waals surface area (Å²) in [5.41, 5.74) is 0. The zero-order valence-corrected chi connectivity index (χ0v) is 22.9. The van der Waals surface area contributed by atoms with Gasteiger partial charge in [-0.2, -0.15) is 0 Å². The van der Waals surface area contributed by atoms with Crippen LogP contribution < -0.4 is 10.4 Å². The molecule has 3 rings (SSSR count). The Morgan fingerprint density at radius 2 is 1.43 bits per heavy atom. The fourth-order valence-corrected chi connectivity index (χ4v) is 10.3. The summed E-state index contributed by atoms with van der Waals surface area (Å²) in [6.45, 7) is 7.80. The normalized spacial score (nSPS) is 18.1. The summed E-state index contributed by atoms with van der Waals surface area (Å²) >= 11 is 0. The standard InChI is InChI=1S/C31H44O3Si/c1-31(2,3)35(28-20-11-8-12-21-28,29-22-13-9-14-23-29)34-24-15-7-5-4-6-10-17-26-18-16-19-27(26)25-30(32)33/h8-9,11-14,16,19-23,26-27H,4-7,10,15,17-18,24-25H2,1-3H3,(H,32,33)/t26-,27-/m0/s1. The summed E-state index contributed by atoms with van der Waals surface area (Å²) in [5.74, 6) is 0.101. The Morgan fingerprint density at radius 3 is 1.97 bits per heavy atom. The van der Waals surface area contributed by atoms with Crippen molar-refractivity contribution in [1.82, 2.24) is 0 Å². The van der Waals surface area contributed by atoms with E-state index < -0.39 is 14.3 Å². The number of hydrogen-bond donors (Lipinski definition) is 1. The molecule has 0 spiro atoms. The smallest absolute Gasteiger partial charge is 0.303 e. The van der Waals surface area contributed by atoms with Crippen LogP contribution in [-0.2, 0) is 9.22 Å². The number of allylic oxidation sites excluding steroid dienone is 2. The number of hydrogen-bond acceptors (Lipinski definition) is 2. The minimum Gasteiger partial charge on any atom is -0.481 e. The van der Waals surface area contributed by atoms with E-state index in [2.05, 4.69) is 93.6 Å². The third kappa shape index (κ3) is 7.41. The summed E-state index contributed by atoms with van der Waals surface area (Å²) in [5, 5.41) is 11.8. The van der Waals surface area contributed by atoms with Gasteiger partial charge in [-0.05, 0) is 46.5 Å². The number of benzene rings is 2. The van der Waals surface area contributed by atoms with Crippen molar-refractivity contribution >= 4 is 24.7 Å². The molecule has 190 valence electrons. The Hall–Kier alpha value is -2.17. The topological polar surface area (TPSA) is 46.5 Å². The summed E-state index contributed by atoms with van der Waals surface area (Å²) < 4.78 is 6.99. The second kappa shape index (κ2) is 13.2. The van der Waals surface area contributed by atoms with E-state index in [-0.39, 0.29) is 17.4 Å². The van der Waals surface area contributed by atoms with Crippen molar-refractivity contribution in [2.75, 3.05) is 6.61 Å². The van der Waals surface area contributed by atoms with Crippen molar-refractivity contribution in [2.45, 2.75) is 83.6 Å². The second-order valence-electron chi connectivity index (χ2n) is 11.1. The van der Waals surface area contributed by atoms with Crippen LogP contribution >= 0.6 is 0 Å². The van der Waals surface area contributed by atoms with Gasteiger partial charge in [0.05, 0.1) is 6.42 Å². The number of carbonyl (C=O) groups is 1. The van der Waals surface area contributed by atoms with Gasteiger partial charge in [0.25, 0.3) is 8.32 Å². The molecule has 1 aliphatic carbocycles.